The highest BCUT2D eigenvalue weighted by molar-refractivity contribution is 7.81. The van der Waals surface area contributed by atoms with Crippen molar-refractivity contribution in [2.75, 3.05) is 18.6 Å². The van der Waals surface area contributed by atoms with Crippen LogP contribution in [0.4, 0.5) is 5.82 Å². The number of aromatic nitrogens is 2. The molecule has 0 saturated carbocycles. The second-order valence-corrected chi connectivity index (χ2v) is 4.01. The summed E-state index contributed by atoms with van der Waals surface area (Å²) in [5.74, 6) is 1.06. The molecule has 0 aliphatic carbocycles. The lowest BCUT2D eigenvalue weighted by Gasteiger charge is -2.14. The maximum absolute atomic E-state index is 11.6. The zero-order valence-electron chi connectivity index (χ0n) is 8.25. The van der Waals surface area contributed by atoms with Gasteiger partial charge in [0.15, 0.2) is 0 Å². The van der Waals surface area contributed by atoms with Crippen LogP contribution in [0.15, 0.2) is 12.4 Å². The van der Waals surface area contributed by atoms with Gasteiger partial charge in [0, 0.05) is 24.3 Å². The third kappa shape index (κ3) is 2.04. The molecule has 80 valence electrons. The molecule has 1 amide bonds. The Bertz CT molecular complexity index is 385. The van der Waals surface area contributed by atoms with Gasteiger partial charge >= 0.3 is 0 Å². The van der Waals surface area contributed by atoms with Crippen LogP contribution < -0.4 is 9.64 Å². The maximum atomic E-state index is 11.6. The van der Waals surface area contributed by atoms with E-state index in [0.29, 0.717) is 24.7 Å². The van der Waals surface area contributed by atoms with Gasteiger partial charge in [-0.3, -0.25) is 9.69 Å². The fourth-order valence-corrected chi connectivity index (χ4v) is 1.82. The zero-order chi connectivity index (χ0) is 10.8. The van der Waals surface area contributed by atoms with Crippen LogP contribution in [0.25, 0.3) is 0 Å². The fraction of sp³-hybridized carbons (Fsp3) is 0.444. The summed E-state index contributed by atoms with van der Waals surface area (Å²) in [5.41, 5.74) is 0. The van der Waals surface area contributed by atoms with Crippen LogP contribution in [0.5, 0.6) is 5.88 Å². The Morgan fingerprint density at radius 1 is 1.60 bits per heavy atom. The lowest BCUT2D eigenvalue weighted by molar-refractivity contribution is -0.117. The molecular weight excluding hydrogens is 214 g/mol. The quantitative estimate of drug-likeness (QED) is 0.746. The van der Waals surface area contributed by atoms with E-state index in [4.69, 9.17) is 4.74 Å². The number of amides is 1. The number of hydrogen-bond acceptors (Lipinski definition) is 5. The predicted octanol–water partition coefficient (Wildman–Crippen LogP) is 0.520. The number of rotatable bonds is 2. The van der Waals surface area contributed by atoms with Crippen molar-refractivity contribution in [3.63, 3.8) is 0 Å². The third-order valence-corrected chi connectivity index (χ3v) is 2.56. The summed E-state index contributed by atoms with van der Waals surface area (Å²) in [6.07, 6.45) is 1.84. The molecule has 0 radical (unpaired) electrons. The van der Waals surface area contributed by atoms with Crippen molar-refractivity contribution in [1.29, 1.82) is 0 Å². The van der Waals surface area contributed by atoms with Crippen molar-refractivity contribution in [1.82, 2.24) is 9.97 Å². The molecule has 1 aromatic heterocycles. The molecule has 0 bridgehead atoms. The van der Waals surface area contributed by atoms with Crippen molar-refractivity contribution >= 4 is 24.4 Å². The predicted molar refractivity (Wildman–Crippen MR) is 58.3 cm³/mol. The number of nitrogens with zero attached hydrogens (tertiary/aromatic N) is 3. The van der Waals surface area contributed by atoms with Gasteiger partial charge in [0.25, 0.3) is 0 Å². The average Bonchev–Trinajstić information content (AvgIpc) is 2.58. The van der Waals surface area contributed by atoms with Gasteiger partial charge < -0.3 is 4.74 Å². The molecule has 15 heavy (non-hydrogen) atoms. The first-order valence-corrected chi connectivity index (χ1v) is 5.07. The molecule has 1 aliphatic heterocycles. The summed E-state index contributed by atoms with van der Waals surface area (Å²) in [6, 6.07) is 1.64. The standard InChI is InChI=1S/C9H11N3O2S/c1-14-8-3-7(10-5-11-8)12-4-6(15)2-9(12)13/h3,5-6,15H,2,4H2,1H3. The van der Waals surface area contributed by atoms with Gasteiger partial charge in [-0.2, -0.15) is 12.6 Å². The van der Waals surface area contributed by atoms with Crippen LogP contribution >= 0.6 is 12.6 Å². The summed E-state index contributed by atoms with van der Waals surface area (Å²) in [4.78, 5) is 21.1. The highest BCUT2D eigenvalue weighted by Gasteiger charge is 2.29. The molecule has 1 atom stereocenters. The Labute approximate surface area is 92.9 Å². The Kier molecular flexibility index (Phi) is 2.77. The van der Waals surface area contributed by atoms with Gasteiger partial charge in [-0.1, -0.05) is 0 Å². The normalized spacial score (nSPS) is 20.8. The highest BCUT2D eigenvalue weighted by atomic mass is 32.1. The maximum Gasteiger partial charge on any atom is 0.229 e. The van der Waals surface area contributed by atoms with E-state index in [-0.39, 0.29) is 11.2 Å². The zero-order valence-corrected chi connectivity index (χ0v) is 9.15. The SMILES string of the molecule is COc1cc(N2CC(S)CC2=O)ncn1. The van der Waals surface area contributed by atoms with Crippen molar-refractivity contribution in [3.05, 3.63) is 12.4 Å². The number of hydrogen-bond donors (Lipinski definition) is 1. The molecular formula is C9H11N3O2S. The van der Waals surface area contributed by atoms with Gasteiger partial charge in [0.1, 0.15) is 12.1 Å². The van der Waals surface area contributed by atoms with E-state index in [1.807, 2.05) is 0 Å². The first-order valence-electron chi connectivity index (χ1n) is 4.55. The minimum absolute atomic E-state index is 0.0377. The summed E-state index contributed by atoms with van der Waals surface area (Å²) in [5, 5.41) is 0.0819. The second kappa shape index (κ2) is 4.06. The molecule has 0 N–H and O–H groups in total. The van der Waals surface area contributed by atoms with E-state index in [0.717, 1.165) is 0 Å². The minimum Gasteiger partial charge on any atom is -0.481 e. The van der Waals surface area contributed by atoms with E-state index in [9.17, 15) is 4.79 Å². The van der Waals surface area contributed by atoms with E-state index in [2.05, 4.69) is 22.6 Å². The van der Waals surface area contributed by atoms with Gasteiger partial charge in [-0.05, 0) is 0 Å². The topological polar surface area (TPSA) is 55.3 Å². The number of ether oxygens (including phenoxy) is 1. The summed E-state index contributed by atoms with van der Waals surface area (Å²) in [6.45, 7) is 0.585. The number of carbonyl (C=O) groups excluding carboxylic acids is 1. The van der Waals surface area contributed by atoms with Gasteiger partial charge in [-0.25, -0.2) is 9.97 Å². The van der Waals surface area contributed by atoms with Crippen molar-refractivity contribution in [3.8, 4) is 5.88 Å². The number of carbonyl (C=O) groups is 1. The molecule has 1 aromatic rings. The van der Waals surface area contributed by atoms with Crippen LogP contribution in [0, 0.1) is 0 Å². The average molecular weight is 225 g/mol. The van der Waals surface area contributed by atoms with Crippen LogP contribution in [-0.2, 0) is 4.79 Å². The monoisotopic (exact) mass is 225 g/mol. The molecule has 0 aromatic carbocycles. The number of anilines is 1. The molecule has 1 fully saturated rings. The number of methoxy groups -OCH3 is 1. The van der Waals surface area contributed by atoms with Crippen molar-refractivity contribution < 1.29 is 9.53 Å². The molecule has 2 rings (SSSR count). The second-order valence-electron chi connectivity index (χ2n) is 3.28. The lowest BCUT2D eigenvalue weighted by atomic mass is 10.4. The molecule has 1 aliphatic rings. The Morgan fingerprint density at radius 3 is 3.00 bits per heavy atom. The van der Waals surface area contributed by atoms with Crippen LogP contribution in [0.1, 0.15) is 6.42 Å². The van der Waals surface area contributed by atoms with Crippen LogP contribution in [-0.4, -0.2) is 34.8 Å². The summed E-state index contributed by atoms with van der Waals surface area (Å²) >= 11 is 4.27. The molecule has 2 heterocycles. The largest absolute Gasteiger partial charge is 0.481 e. The summed E-state index contributed by atoms with van der Waals surface area (Å²) < 4.78 is 4.97. The number of thiol groups is 1. The fourth-order valence-electron chi connectivity index (χ4n) is 1.50. The van der Waals surface area contributed by atoms with Crippen molar-refractivity contribution in [2.24, 2.45) is 0 Å². The first kappa shape index (κ1) is 10.2. The van der Waals surface area contributed by atoms with Gasteiger partial charge in [0.2, 0.25) is 11.8 Å². The Balaban J connectivity index is 2.25. The Morgan fingerprint density at radius 2 is 2.40 bits per heavy atom. The van der Waals surface area contributed by atoms with Crippen LogP contribution in [0.3, 0.4) is 0 Å². The van der Waals surface area contributed by atoms with Crippen LogP contribution in [0.2, 0.25) is 0 Å². The molecule has 6 heteroatoms. The highest BCUT2D eigenvalue weighted by Crippen LogP contribution is 2.23. The first-order chi connectivity index (χ1) is 7.20. The third-order valence-electron chi connectivity index (χ3n) is 2.22. The van der Waals surface area contributed by atoms with E-state index < -0.39 is 0 Å². The molecule has 5 nitrogen and oxygen atoms in total. The molecule has 1 unspecified atom stereocenters. The van der Waals surface area contributed by atoms with Gasteiger partial charge in [-0.15, -0.1) is 0 Å². The smallest absolute Gasteiger partial charge is 0.229 e. The van der Waals surface area contributed by atoms with E-state index in [1.165, 1.54) is 13.4 Å². The van der Waals surface area contributed by atoms with Gasteiger partial charge in [0.05, 0.1) is 7.11 Å². The van der Waals surface area contributed by atoms with Crippen molar-refractivity contribution in [2.45, 2.75) is 11.7 Å². The minimum atomic E-state index is 0.0377. The summed E-state index contributed by atoms with van der Waals surface area (Å²) in [7, 11) is 1.53. The molecule has 1 saturated heterocycles. The Hall–Kier alpha value is -1.30. The molecule has 0 spiro atoms. The van der Waals surface area contributed by atoms with E-state index in [1.54, 1.807) is 11.0 Å². The van der Waals surface area contributed by atoms with E-state index >= 15 is 0 Å². The lowest BCUT2D eigenvalue weighted by Crippen LogP contribution is -2.25.